The second-order valence-electron chi connectivity index (χ2n) is 6.52. The van der Waals surface area contributed by atoms with Crippen molar-refractivity contribution in [3.8, 4) is 0 Å². The Bertz CT molecular complexity index is 915. The summed E-state index contributed by atoms with van der Waals surface area (Å²) >= 11 is 6.73. The number of nitrogens with one attached hydrogen (secondary N) is 1. The van der Waals surface area contributed by atoms with Crippen LogP contribution >= 0.6 is 31.9 Å². The summed E-state index contributed by atoms with van der Waals surface area (Å²) in [7, 11) is 0. The molecule has 1 heterocycles. The predicted molar refractivity (Wildman–Crippen MR) is 113 cm³/mol. The van der Waals surface area contributed by atoms with Crippen LogP contribution in [0.1, 0.15) is 12.0 Å². The summed E-state index contributed by atoms with van der Waals surface area (Å²) in [5.74, 6) is -1.72. The number of halogens is 2. The molecule has 2 aromatic carbocycles. The minimum atomic E-state index is -0.588. The van der Waals surface area contributed by atoms with Gasteiger partial charge in [0.2, 0.25) is 5.91 Å². The number of rotatable bonds is 5. The fourth-order valence-corrected chi connectivity index (χ4v) is 3.76. The molecule has 0 bridgehead atoms. The highest BCUT2D eigenvalue weighted by Crippen LogP contribution is 2.27. The van der Waals surface area contributed by atoms with Crippen LogP contribution in [-0.4, -0.2) is 30.9 Å². The lowest BCUT2D eigenvalue weighted by atomic mass is 10.1. The molecule has 1 atom stereocenters. The first kappa shape index (κ1) is 20.5. The lowest BCUT2D eigenvalue weighted by Crippen LogP contribution is -2.28. The van der Waals surface area contributed by atoms with Gasteiger partial charge in [0.1, 0.15) is 0 Å². The molecule has 2 aromatic rings. The third-order valence-electron chi connectivity index (χ3n) is 4.34. The Kier molecular flexibility index (Phi) is 6.51. The number of carbonyl (C=O) groups is 3. The molecule has 1 N–H and O–H groups in total. The average Bonchev–Trinajstić information content (AvgIpc) is 3.04. The van der Waals surface area contributed by atoms with Crippen LogP contribution in [-0.2, 0) is 19.1 Å². The molecule has 1 fully saturated rings. The van der Waals surface area contributed by atoms with Gasteiger partial charge in [0.05, 0.1) is 11.6 Å². The number of carbonyl (C=O) groups excluding carboxylic acids is 3. The number of hydrogen-bond donors (Lipinski definition) is 1. The molecule has 1 aliphatic heterocycles. The van der Waals surface area contributed by atoms with Crippen LogP contribution in [0.15, 0.2) is 51.4 Å². The van der Waals surface area contributed by atoms with Crippen molar-refractivity contribution >= 4 is 61.0 Å². The molecule has 0 saturated carbocycles. The number of amides is 2. The molecule has 28 heavy (non-hydrogen) atoms. The van der Waals surface area contributed by atoms with Crippen LogP contribution in [0.5, 0.6) is 0 Å². The van der Waals surface area contributed by atoms with Crippen molar-refractivity contribution in [1.82, 2.24) is 0 Å². The predicted octanol–water partition coefficient (Wildman–Crippen LogP) is 4.05. The third-order valence-corrected chi connectivity index (χ3v) is 5.53. The Balaban J connectivity index is 1.53. The van der Waals surface area contributed by atoms with Gasteiger partial charge in [-0.1, -0.05) is 22.0 Å². The van der Waals surface area contributed by atoms with E-state index in [0.717, 1.165) is 20.2 Å². The summed E-state index contributed by atoms with van der Waals surface area (Å²) in [6.07, 6.45) is 0.0695. The minimum Gasteiger partial charge on any atom is -0.455 e. The van der Waals surface area contributed by atoms with Crippen molar-refractivity contribution in [3.05, 3.63) is 57.0 Å². The van der Waals surface area contributed by atoms with Gasteiger partial charge in [0.15, 0.2) is 6.61 Å². The van der Waals surface area contributed by atoms with Gasteiger partial charge in [-0.15, -0.1) is 0 Å². The second kappa shape index (κ2) is 8.87. The molecule has 0 spiro atoms. The van der Waals surface area contributed by atoms with Crippen LogP contribution in [0.3, 0.4) is 0 Å². The lowest BCUT2D eigenvalue weighted by Gasteiger charge is -2.16. The van der Waals surface area contributed by atoms with Gasteiger partial charge >= 0.3 is 5.97 Å². The van der Waals surface area contributed by atoms with Crippen molar-refractivity contribution < 1.29 is 19.1 Å². The van der Waals surface area contributed by atoms with E-state index in [1.807, 2.05) is 43.3 Å². The van der Waals surface area contributed by atoms with E-state index in [0.29, 0.717) is 5.69 Å². The molecule has 3 rings (SSSR count). The number of hydrogen-bond acceptors (Lipinski definition) is 4. The van der Waals surface area contributed by atoms with Crippen molar-refractivity contribution in [2.75, 3.05) is 23.4 Å². The molecule has 2 amide bonds. The normalized spacial score (nSPS) is 16.2. The molecule has 6 nitrogen and oxygen atoms in total. The molecule has 0 aliphatic carbocycles. The van der Waals surface area contributed by atoms with Gasteiger partial charge in [-0.05, 0) is 64.8 Å². The van der Waals surface area contributed by atoms with Crippen molar-refractivity contribution in [2.24, 2.45) is 5.92 Å². The zero-order valence-electron chi connectivity index (χ0n) is 15.1. The third kappa shape index (κ3) is 4.99. The van der Waals surface area contributed by atoms with Crippen molar-refractivity contribution in [3.63, 3.8) is 0 Å². The fraction of sp³-hybridized carbons (Fsp3) is 0.250. The maximum absolute atomic E-state index is 12.3. The van der Waals surface area contributed by atoms with E-state index in [4.69, 9.17) is 4.74 Å². The second-order valence-corrected chi connectivity index (χ2v) is 8.29. The molecule has 1 saturated heterocycles. The van der Waals surface area contributed by atoms with E-state index in [-0.39, 0.29) is 18.9 Å². The van der Waals surface area contributed by atoms with Gasteiger partial charge in [-0.2, -0.15) is 0 Å². The summed E-state index contributed by atoms with van der Waals surface area (Å²) < 4.78 is 6.78. The monoisotopic (exact) mass is 508 g/mol. The van der Waals surface area contributed by atoms with Gasteiger partial charge in [-0.25, -0.2) is 0 Å². The van der Waals surface area contributed by atoms with Crippen LogP contribution in [0.25, 0.3) is 0 Å². The highest BCUT2D eigenvalue weighted by atomic mass is 79.9. The highest BCUT2D eigenvalue weighted by Gasteiger charge is 2.36. The Morgan fingerprint density at radius 1 is 1.18 bits per heavy atom. The molecule has 146 valence electrons. The summed E-state index contributed by atoms with van der Waals surface area (Å²) in [6.45, 7) is 1.78. The summed E-state index contributed by atoms with van der Waals surface area (Å²) in [5, 5.41) is 2.69. The first-order valence-electron chi connectivity index (χ1n) is 8.62. The van der Waals surface area contributed by atoms with Gasteiger partial charge in [-0.3, -0.25) is 14.4 Å². The lowest BCUT2D eigenvalue weighted by molar-refractivity contribution is -0.151. The highest BCUT2D eigenvalue weighted by molar-refractivity contribution is 9.10. The fourth-order valence-electron chi connectivity index (χ4n) is 2.90. The van der Waals surface area contributed by atoms with Gasteiger partial charge in [0, 0.05) is 27.6 Å². The standard InChI is InChI=1S/C20H18Br2N2O4/c1-12-2-7-17(16(22)8-12)23-18(25)11-28-20(27)13-9-19(26)24(10-13)15-5-3-14(21)4-6-15/h2-8,13H,9-11H2,1H3,(H,23,25)/t13-/m0/s1. The largest absolute Gasteiger partial charge is 0.455 e. The molecule has 0 unspecified atom stereocenters. The number of aryl methyl sites for hydroxylation is 1. The van der Waals surface area contributed by atoms with Crippen LogP contribution in [0.2, 0.25) is 0 Å². The Labute approximate surface area is 179 Å². The first-order chi connectivity index (χ1) is 13.3. The van der Waals surface area contributed by atoms with E-state index < -0.39 is 24.4 Å². The number of nitrogens with zero attached hydrogens (tertiary/aromatic N) is 1. The first-order valence-corrected chi connectivity index (χ1v) is 10.2. The van der Waals surface area contributed by atoms with Crippen LogP contribution < -0.4 is 10.2 Å². The van der Waals surface area contributed by atoms with Crippen molar-refractivity contribution in [2.45, 2.75) is 13.3 Å². The summed E-state index contributed by atoms with van der Waals surface area (Å²) in [5.41, 5.74) is 2.38. The van der Waals surface area contributed by atoms with Gasteiger partial charge in [0.25, 0.3) is 5.91 Å². The molecule has 1 aliphatic rings. The molecular formula is C20H18Br2N2O4. The molecule has 0 radical (unpaired) electrons. The van der Waals surface area contributed by atoms with Crippen LogP contribution in [0, 0.1) is 12.8 Å². The Morgan fingerprint density at radius 3 is 2.57 bits per heavy atom. The summed E-state index contributed by atoms with van der Waals surface area (Å²) in [6, 6.07) is 12.8. The molecule has 0 aromatic heterocycles. The average molecular weight is 510 g/mol. The molecular weight excluding hydrogens is 492 g/mol. The van der Waals surface area contributed by atoms with Crippen LogP contribution in [0.4, 0.5) is 11.4 Å². The quantitative estimate of drug-likeness (QED) is 0.617. The zero-order valence-corrected chi connectivity index (χ0v) is 18.2. The minimum absolute atomic E-state index is 0.0695. The van der Waals surface area contributed by atoms with E-state index in [2.05, 4.69) is 37.2 Å². The molecule has 8 heteroatoms. The maximum atomic E-state index is 12.3. The number of anilines is 2. The van der Waals surface area contributed by atoms with E-state index in [9.17, 15) is 14.4 Å². The SMILES string of the molecule is Cc1ccc(NC(=O)COC(=O)[C@H]2CC(=O)N(c3ccc(Br)cc3)C2)c(Br)c1. The number of benzene rings is 2. The van der Waals surface area contributed by atoms with E-state index in [1.54, 1.807) is 11.0 Å². The Morgan fingerprint density at radius 2 is 1.89 bits per heavy atom. The van der Waals surface area contributed by atoms with Gasteiger partial charge < -0.3 is 15.0 Å². The zero-order chi connectivity index (χ0) is 20.3. The van der Waals surface area contributed by atoms with E-state index in [1.165, 1.54) is 0 Å². The smallest absolute Gasteiger partial charge is 0.311 e. The topological polar surface area (TPSA) is 75.7 Å². The summed E-state index contributed by atoms with van der Waals surface area (Å²) in [4.78, 5) is 38.2. The number of ether oxygens (including phenoxy) is 1. The maximum Gasteiger partial charge on any atom is 0.311 e. The van der Waals surface area contributed by atoms with E-state index >= 15 is 0 Å². The number of esters is 1. The Hall–Kier alpha value is -2.19. The van der Waals surface area contributed by atoms with Crippen molar-refractivity contribution in [1.29, 1.82) is 0 Å².